The number of thiazole rings is 1. The summed E-state index contributed by atoms with van der Waals surface area (Å²) in [6, 6.07) is 2.56. The van der Waals surface area contributed by atoms with E-state index in [-0.39, 0.29) is 5.91 Å². The highest BCUT2D eigenvalue weighted by atomic mass is 32.2. The van der Waals surface area contributed by atoms with Gasteiger partial charge in [-0.05, 0) is 24.3 Å². The first kappa shape index (κ1) is 17.0. The summed E-state index contributed by atoms with van der Waals surface area (Å²) < 4.78 is 0. The molecule has 1 fully saturated rings. The molecule has 0 spiro atoms. The zero-order chi connectivity index (χ0) is 16.1. The van der Waals surface area contributed by atoms with Gasteiger partial charge in [-0.3, -0.25) is 4.79 Å². The number of rotatable bonds is 6. The van der Waals surface area contributed by atoms with E-state index in [9.17, 15) is 4.79 Å². The third kappa shape index (κ3) is 4.58. The van der Waals surface area contributed by atoms with Gasteiger partial charge in [0.1, 0.15) is 5.01 Å². The molecule has 23 heavy (non-hydrogen) atoms. The first-order valence-corrected chi connectivity index (χ1v) is 11.0. The molecule has 0 aromatic carbocycles. The highest BCUT2D eigenvalue weighted by molar-refractivity contribution is 7.99. The highest BCUT2D eigenvalue weighted by Crippen LogP contribution is 2.27. The smallest absolute Gasteiger partial charge is 0.232 e. The fourth-order valence-electron chi connectivity index (χ4n) is 2.91. The minimum Gasteiger partial charge on any atom is -0.342 e. The van der Waals surface area contributed by atoms with Crippen molar-refractivity contribution in [2.24, 2.45) is 0 Å². The second-order valence-corrected chi connectivity index (χ2v) is 8.57. The SMILES string of the molecule is CN(C(=O)CSCc1csc(-c2ccsc2)n1)C1CCCCC1. The molecule has 0 aliphatic heterocycles. The van der Waals surface area contributed by atoms with Gasteiger partial charge < -0.3 is 4.90 Å². The van der Waals surface area contributed by atoms with Crippen LogP contribution in [-0.2, 0) is 10.5 Å². The molecule has 3 rings (SSSR count). The predicted molar refractivity (Wildman–Crippen MR) is 101 cm³/mol. The molecule has 0 N–H and O–H groups in total. The van der Waals surface area contributed by atoms with Crippen LogP contribution < -0.4 is 0 Å². The Kier molecular flexibility index (Phi) is 6.14. The van der Waals surface area contributed by atoms with Gasteiger partial charge in [-0.25, -0.2) is 4.98 Å². The van der Waals surface area contributed by atoms with Gasteiger partial charge in [0.2, 0.25) is 5.91 Å². The second-order valence-electron chi connectivity index (χ2n) is 5.95. The molecular weight excluding hydrogens is 344 g/mol. The maximum Gasteiger partial charge on any atom is 0.232 e. The maximum absolute atomic E-state index is 12.3. The molecule has 1 aliphatic rings. The second kappa shape index (κ2) is 8.31. The van der Waals surface area contributed by atoms with Crippen molar-refractivity contribution in [3.05, 3.63) is 27.9 Å². The topological polar surface area (TPSA) is 33.2 Å². The van der Waals surface area contributed by atoms with Gasteiger partial charge in [-0.2, -0.15) is 11.3 Å². The predicted octanol–water partition coefficient (Wildman–Crippen LogP) is 4.90. The third-order valence-electron chi connectivity index (χ3n) is 4.31. The summed E-state index contributed by atoms with van der Waals surface area (Å²) >= 11 is 5.05. The van der Waals surface area contributed by atoms with Crippen molar-refractivity contribution in [3.8, 4) is 10.6 Å². The third-order valence-corrected chi connectivity index (χ3v) is 6.89. The summed E-state index contributed by atoms with van der Waals surface area (Å²) in [6.07, 6.45) is 6.19. The van der Waals surface area contributed by atoms with Crippen LogP contribution in [0.25, 0.3) is 10.6 Å². The van der Waals surface area contributed by atoms with Gasteiger partial charge in [-0.15, -0.1) is 23.1 Å². The maximum atomic E-state index is 12.3. The Morgan fingerprint density at radius 3 is 2.91 bits per heavy atom. The lowest BCUT2D eigenvalue weighted by atomic mass is 9.94. The monoisotopic (exact) mass is 366 g/mol. The Hall–Kier alpha value is -0.850. The number of aromatic nitrogens is 1. The number of carbonyl (C=O) groups is 1. The lowest BCUT2D eigenvalue weighted by Crippen LogP contribution is -2.39. The normalized spacial score (nSPS) is 15.7. The average molecular weight is 367 g/mol. The van der Waals surface area contributed by atoms with Gasteiger partial charge >= 0.3 is 0 Å². The first-order valence-electron chi connectivity index (χ1n) is 8.04. The zero-order valence-electron chi connectivity index (χ0n) is 13.4. The summed E-state index contributed by atoms with van der Waals surface area (Å²) in [5, 5.41) is 7.38. The van der Waals surface area contributed by atoms with E-state index in [4.69, 9.17) is 0 Å². The van der Waals surface area contributed by atoms with Gasteiger partial charge in [-0.1, -0.05) is 19.3 Å². The molecule has 2 heterocycles. The van der Waals surface area contributed by atoms with Gasteiger partial charge in [0.15, 0.2) is 0 Å². The molecule has 1 amide bonds. The highest BCUT2D eigenvalue weighted by Gasteiger charge is 2.21. The number of carbonyl (C=O) groups excluding carboxylic acids is 1. The van der Waals surface area contributed by atoms with Crippen LogP contribution in [0.3, 0.4) is 0 Å². The minimum absolute atomic E-state index is 0.259. The fourth-order valence-corrected chi connectivity index (χ4v) is 5.38. The molecule has 124 valence electrons. The van der Waals surface area contributed by atoms with Gasteiger partial charge in [0.25, 0.3) is 0 Å². The first-order chi connectivity index (χ1) is 11.2. The number of amides is 1. The Morgan fingerprint density at radius 2 is 2.17 bits per heavy atom. The van der Waals surface area contributed by atoms with Crippen LogP contribution in [0.2, 0.25) is 0 Å². The largest absolute Gasteiger partial charge is 0.342 e. The van der Waals surface area contributed by atoms with E-state index in [1.54, 1.807) is 34.4 Å². The van der Waals surface area contributed by atoms with Crippen LogP contribution in [0.1, 0.15) is 37.8 Å². The fraction of sp³-hybridized carbons (Fsp3) is 0.529. The molecule has 6 heteroatoms. The number of nitrogens with zero attached hydrogens (tertiary/aromatic N) is 2. The lowest BCUT2D eigenvalue weighted by Gasteiger charge is -2.31. The lowest BCUT2D eigenvalue weighted by molar-refractivity contribution is -0.129. The molecule has 0 atom stereocenters. The van der Waals surface area contributed by atoms with Gasteiger partial charge in [0, 0.05) is 35.2 Å². The van der Waals surface area contributed by atoms with Crippen molar-refractivity contribution < 1.29 is 4.79 Å². The van der Waals surface area contributed by atoms with Crippen LogP contribution >= 0.6 is 34.4 Å². The van der Waals surface area contributed by atoms with Crippen LogP contribution in [0.4, 0.5) is 0 Å². The molecule has 0 saturated heterocycles. The van der Waals surface area contributed by atoms with Crippen LogP contribution in [0.15, 0.2) is 22.2 Å². The number of hydrogen-bond acceptors (Lipinski definition) is 5. The van der Waals surface area contributed by atoms with E-state index in [2.05, 4.69) is 27.2 Å². The molecule has 1 aliphatic carbocycles. The van der Waals surface area contributed by atoms with Crippen molar-refractivity contribution in [3.63, 3.8) is 0 Å². The average Bonchev–Trinajstić information content (AvgIpc) is 3.26. The van der Waals surface area contributed by atoms with Crippen molar-refractivity contribution >= 4 is 40.3 Å². The molecule has 0 unspecified atom stereocenters. The molecule has 0 bridgehead atoms. The summed E-state index contributed by atoms with van der Waals surface area (Å²) in [7, 11) is 1.97. The van der Waals surface area contributed by atoms with Crippen LogP contribution in [0.5, 0.6) is 0 Å². The molecule has 1 saturated carbocycles. The van der Waals surface area contributed by atoms with Gasteiger partial charge in [0.05, 0.1) is 11.4 Å². The van der Waals surface area contributed by atoms with Crippen molar-refractivity contribution in [2.75, 3.05) is 12.8 Å². The molecule has 3 nitrogen and oxygen atoms in total. The van der Waals surface area contributed by atoms with Crippen molar-refractivity contribution in [1.29, 1.82) is 0 Å². The summed E-state index contributed by atoms with van der Waals surface area (Å²) in [5.74, 6) is 1.62. The van der Waals surface area contributed by atoms with Crippen molar-refractivity contribution in [2.45, 2.75) is 43.9 Å². The van der Waals surface area contributed by atoms with Crippen LogP contribution in [-0.4, -0.2) is 34.6 Å². The Balaban J connectivity index is 1.44. The molecule has 2 aromatic heterocycles. The van der Waals surface area contributed by atoms with E-state index in [0.717, 1.165) is 16.5 Å². The number of thioether (sulfide) groups is 1. The Morgan fingerprint density at radius 1 is 1.35 bits per heavy atom. The number of hydrogen-bond donors (Lipinski definition) is 0. The molecule has 2 aromatic rings. The van der Waals surface area contributed by atoms with E-state index in [0.29, 0.717) is 11.8 Å². The van der Waals surface area contributed by atoms with E-state index >= 15 is 0 Å². The minimum atomic E-state index is 0.259. The van der Waals surface area contributed by atoms with E-state index in [1.165, 1.54) is 37.7 Å². The zero-order valence-corrected chi connectivity index (χ0v) is 15.8. The molecular formula is C17H22N2OS3. The van der Waals surface area contributed by atoms with E-state index < -0.39 is 0 Å². The number of thiophene rings is 1. The summed E-state index contributed by atoms with van der Waals surface area (Å²) in [4.78, 5) is 19.0. The van der Waals surface area contributed by atoms with Crippen molar-refractivity contribution in [1.82, 2.24) is 9.88 Å². The molecule has 0 radical (unpaired) electrons. The Bertz CT molecular complexity index is 618. The summed E-state index contributed by atoms with van der Waals surface area (Å²) in [5.41, 5.74) is 2.28. The van der Waals surface area contributed by atoms with Crippen LogP contribution in [0, 0.1) is 0 Å². The Labute approximate surface area is 150 Å². The quantitative estimate of drug-likeness (QED) is 0.729. The summed E-state index contributed by atoms with van der Waals surface area (Å²) in [6.45, 7) is 0. The standard InChI is InChI=1S/C17H22N2OS3/c1-19(15-5-3-2-4-6-15)16(20)12-22-10-14-11-23-17(18-14)13-7-8-21-9-13/h7-9,11,15H,2-6,10,12H2,1H3. The van der Waals surface area contributed by atoms with E-state index in [1.807, 2.05) is 11.9 Å².